The van der Waals surface area contributed by atoms with E-state index in [1.54, 1.807) is 0 Å². The van der Waals surface area contributed by atoms with Crippen molar-refractivity contribution in [1.29, 1.82) is 0 Å². The van der Waals surface area contributed by atoms with Gasteiger partial charge in [0.15, 0.2) is 0 Å². The Bertz CT molecular complexity index is 353. The van der Waals surface area contributed by atoms with Crippen LogP contribution in [0.25, 0.3) is 0 Å². The van der Waals surface area contributed by atoms with Gasteiger partial charge in [-0.1, -0.05) is 25.5 Å². The first-order valence-electron chi connectivity index (χ1n) is 5.40. The van der Waals surface area contributed by atoms with Crippen LogP contribution in [0.3, 0.4) is 0 Å². The lowest BCUT2D eigenvalue weighted by atomic mass is 10.0. The summed E-state index contributed by atoms with van der Waals surface area (Å²) in [5, 5.41) is 3.34. The minimum absolute atomic E-state index is 0.272. The number of benzene rings is 1. The average Bonchev–Trinajstić information content (AvgIpc) is 2.58. The van der Waals surface area contributed by atoms with Gasteiger partial charge in [0.25, 0.3) is 0 Å². The molecule has 2 nitrogen and oxygen atoms in total. The van der Waals surface area contributed by atoms with Gasteiger partial charge in [-0.25, -0.2) is 0 Å². The number of rotatable bonds is 3. The van der Waals surface area contributed by atoms with Crippen LogP contribution >= 0.6 is 15.9 Å². The summed E-state index contributed by atoms with van der Waals surface area (Å²) in [5.41, 5.74) is 1.27. The lowest BCUT2D eigenvalue weighted by Crippen LogP contribution is -2.28. The fourth-order valence-electron chi connectivity index (χ4n) is 2.17. The van der Waals surface area contributed by atoms with Crippen molar-refractivity contribution < 1.29 is 4.74 Å². The van der Waals surface area contributed by atoms with Crippen molar-refractivity contribution in [1.82, 2.24) is 5.32 Å². The largest absolute Gasteiger partial charge is 0.487 e. The highest BCUT2D eigenvalue weighted by Gasteiger charge is 2.33. The number of fused-ring (bicyclic) bond motifs is 1. The summed E-state index contributed by atoms with van der Waals surface area (Å²) in [4.78, 5) is 0. The fraction of sp³-hybridized carbons (Fsp3) is 0.500. The smallest absolute Gasteiger partial charge is 0.138 e. The predicted octanol–water partition coefficient (Wildman–Crippen LogP) is 3.27. The van der Waals surface area contributed by atoms with Crippen LogP contribution in [0.5, 0.6) is 5.75 Å². The lowest BCUT2D eigenvalue weighted by Gasteiger charge is -2.17. The summed E-state index contributed by atoms with van der Waals surface area (Å²) in [6.45, 7) is 2.19. The SMILES string of the molecule is CCCC1Oc2c(Br)cccc2C1NC. The van der Waals surface area contributed by atoms with E-state index < -0.39 is 0 Å². The molecular formula is C12H16BrNO. The maximum absolute atomic E-state index is 5.97. The Balaban J connectivity index is 2.32. The number of para-hydroxylation sites is 1. The molecule has 0 radical (unpaired) electrons. The van der Waals surface area contributed by atoms with Crippen LogP contribution in [0.15, 0.2) is 22.7 Å². The van der Waals surface area contributed by atoms with Crippen molar-refractivity contribution in [3.05, 3.63) is 28.2 Å². The molecule has 1 aromatic rings. The van der Waals surface area contributed by atoms with Crippen molar-refractivity contribution in [3.8, 4) is 5.75 Å². The van der Waals surface area contributed by atoms with E-state index in [0.29, 0.717) is 6.04 Å². The van der Waals surface area contributed by atoms with E-state index in [1.165, 1.54) is 5.56 Å². The summed E-state index contributed by atoms with van der Waals surface area (Å²) in [6.07, 6.45) is 2.51. The van der Waals surface area contributed by atoms with Gasteiger partial charge in [0, 0.05) is 5.56 Å². The van der Waals surface area contributed by atoms with Gasteiger partial charge in [0.05, 0.1) is 10.5 Å². The van der Waals surface area contributed by atoms with Gasteiger partial charge >= 0.3 is 0 Å². The molecule has 3 heteroatoms. The first-order valence-corrected chi connectivity index (χ1v) is 6.19. The van der Waals surface area contributed by atoms with E-state index in [0.717, 1.165) is 23.1 Å². The molecule has 0 amide bonds. The van der Waals surface area contributed by atoms with Crippen molar-refractivity contribution in [3.63, 3.8) is 0 Å². The van der Waals surface area contributed by atoms with Crippen molar-refractivity contribution in [2.45, 2.75) is 31.9 Å². The Morgan fingerprint density at radius 2 is 2.27 bits per heavy atom. The topological polar surface area (TPSA) is 21.3 Å². The number of ether oxygens (including phenoxy) is 1. The number of hydrogen-bond acceptors (Lipinski definition) is 2. The first-order chi connectivity index (χ1) is 7.27. The highest BCUT2D eigenvalue weighted by atomic mass is 79.9. The van der Waals surface area contributed by atoms with Crippen LogP contribution in [-0.2, 0) is 0 Å². The third-order valence-electron chi connectivity index (χ3n) is 2.86. The van der Waals surface area contributed by atoms with E-state index in [9.17, 15) is 0 Å². The van der Waals surface area contributed by atoms with Crippen molar-refractivity contribution in [2.75, 3.05) is 7.05 Å². The Hall–Kier alpha value is -0.540. The van der Waals surface area contributed by atoms with Gasteiger partial charge in [-0.15, -0.1) is 0 Å². The normalized spacial score (nSPS) is 23.7. The van der Waals surface area contributed by atoms with E-state index in [4.69, 9.17) is 4.74 Å². The molecule has 2 rings (SSSR count). The van der Waals surface area contributed by atoms with E-state index >= 15 is 0 Å². The van der Waals surface area contributed by atoms with E-state index in [2.05, 4.69) is 40.3 Å². The molecule has 1 N–H and O–H groups in total. The quantitative estimate of drug-likeness (QED) is 0.910. The number of nitrogens with one attached hydrogen (secondary N) is 1. The summed E-state index contributed by atoms with van der Waals surface area (Å²) in [5.74, 6) is 1.01. The van der Waals surface area contributed by atoms with Crippen LogP contribution < -0.4 is 10.1 Å². The zero-order valence-electron chi connectivity index (χ0n) is 9.09. The molecular weight excluding hydrogens is 254 g/mol. The molecule has 0 fully saturated rings. The minimum Gasteiger partial charge on any atom is -0.487 e. The second-order valence-electron chi connectivity index (χ2n) is 3.87. The molecule has 0 spiro atoms. The van der Waals surface area contributed by atoms with Gasteiger partial charge in [-0.3, -0.25) is 0 Å². The molecule has 1 heterocycles. The summed E-state index contributed by atoms with van der Waals surface area (Å²) < 4.78 is 7.03. The summed E-state index contributed by atoms with van der Waals surface area (Å²) in [6, 6.07) is 6.55. The van der Waals surface area contributed by atoms with Crippen LogP contribution in [0.2, 0.25) is 0 Å². The number of likely N-dealkylation sites (N-methyl/N-ethyl adjacent to an activating group) is 1. The predicted molar refractivity (Wildman–Crippen MR) is 65.3 cm³/mol. The van der Waals surface area contributed by atoms with Crippen molar-refractivity contribution >= 4 is 15.9 Å². The molecule has 0 bridgehead atoms. The van der Waals surface area contributed by atoms with E-state index in [-0.39, 0.29) is 6.10 Å². The third kappa shape index (κ3) is 1.91. The molecule has 2 unspecified atom stereocenters. The van der Waals surface area contributed by atoms with E-state index in [1.807, 2.05) is 13.1 Å². The fourth-order valence-corrected chi connectivity index (χ4v) is 2.64. The Morgan fingerprint density at radius 1 is 1.47 bits per heavy atom. The van der Waals surface area contributed by atoms with Gasteiger partial charge in [0.1, 0.15) is 11.9 Å². The highest BCUT2D eigenvalue weighted by molar-refractivity contribution is 9.10. The Morgan fingerprint density at radius 3 is 2.93 bits per heavy atom. The average molecular weight is 270 g/mol. The second kappa shape index (κ2) is 4.54. The van der Waals surface area contributed by atoms with Gasteiger partial charge in [0.2, 0.25) is 0 Å². The van der Waals surface area contributed by atoms with Crippen molar-refractivity contribution in [2.24, 2.45) is 0 Å². The van der Waals surface area contributed by atoms with Gasteiger partial charge in [-0.05, 0) is 35.5 Å². The molecule has 0 saturated heterocycles. The highest BCUT2D eigenvalue weighted by Crippen LogP contribution is 2.42. The molecule has 0 saturated carbocycles. The Labute approximate surface area is 99.1 Å². The molecule has 0 aliphatic carbocycles. The minimum atomic E-state index is 0.272. The van der Waals surface area contributed by atoms with Gasteiger partial charge in [-0.2, -0.15) is 0 Å². The van der Waals surface area contributed by atoms with Crippen LogP contribution in [0.4, 0.5) is 0 Å². The van der Waals surface area contributed by atoms with Crippen LogP contribution in [0, 0.1) is 0 Å². The molecule has 2 atom stereocenters. The lowest BCUT2D eigenvalue weighted by molar-refractivity contribution is 0.181. The Kier molecular flexibility index (Phi) is 3.32. The van der Waals surface area contributed by atoms with Crippen LogP contribution in [-0.4, -0.2) is 13.2 Å². The zero-order chi connectivity index (χ0) is 10.8. The maximum Gasteiger partial charge on any atom is 0.138 e. The summed E-state index contributed by atoms with van der Waals surface area (Å²) in [7, 11) is 1.99. The van der Waals surface area contributed by atoms with Gasteiger partial charge < -0.3 is 10.1 Å². The molecule has 82 valence electrons. The molecule has 1 aliphatic rings. The zero-order valence-corrected chi connectivity index (χ0v) is 10.7. The molecule has 0 aromatic heterocycles. The number of hydrogen-bond donors (Lipinski definition) is 1. The molecule has 15 heavy (non-hydrogen) atoms. The first kappa shape index (κ1) is 11.0. The summed E-state index contributed by atoms with van der Waals surface area (Å²) >= 11 is 3.53. The second-order valence-corrected chi connectivity index (χ2v) is 4.72. The standard InChI is InChI=1S/C12H16BrNO/c1-3-5-10-11(14-2)8-6-4-7-9(13)12(8)15-10/h4,6-7,10-11,14H,3,5H2,1-2H3. The molecule has 1 aliphatic heterocycles. The maximum atomic E-state index is 5.97. The number of halogens is 1. The molecule has 1 aromatic carbocycles. The monoisotopic (exact) mass is 269 g/mol. The third-order valence-corrected chi connectivity index (χ3v) is 3.48. The van der Waals surface area contributed by atoms with Crippen LogP contribution in [0.1, 0.15) is 31.4 Å².